The maximum absolute atomic E-state index is 12.3. The van der Waals surface area contributed by atoms with Crippen LogP contribution in [-0.2, 0) is 26.4 Å². The smallest absolute Gasteiger partial charge is 0.272 e. The van der Waals surface area contributed by atoms with Crippen molar-refractivity contribution in [3.63, 3.8) is 0 Å². The monoisotopic (exact) mass is 327 g/mol. The van der Waals surface area contributed by atoms with E-state index in [2.05, 4.69) is 10.2 Å². The Bertz CT molecular complexity index is 832. The molecule has 0 N–H and O–H groups in total. The fraction of sp³-hybridized carbons (Fsp3) is 0.529. The normalized spacial score (nSPS) is 17.5. The van der Waals surface area contributed by atoms with Crippen LogP contribution in [0.3, 0.4) is 0 Å². The van der Waals surface area contributed by atoms with Crippen LogP contribution in [0, 0.1) is 5.92 Å². The van der Waals surface area contributed by atoms with Gasteiger partial charge in [0.1, 0.15) is 5.69 Å². The van der Waals surface area contributed by atoms with Crippen molar-refractivity contribution in [2.45, 2.75) is 32.2 Å². The van der Waals surface area contributed by atoms with Crippen molar-refractivity contribution in [3.8, 4) is 0 Å². The number of aromatic nitrogens is 4. The summed E-state index contributed by atoms with van der Waals surface area (Å²) in [5.74, 6) is 0.283. The topological polar surface area (TPSA) is 73.0 Å². The molecule has 2 aliphatic rings. The second-order valence-electron chi connectivity index (χ2n) is 6.76. The van der Waals surface area contributed by atoms with Gasteiger partial charge in [-0.1, -0.05) is 0 Å². The lowest BCUT2D eigenvalue weighted by Gasteiger charge is -2.39. The molecular formula is C17H21N5O2. The van der Waals surface area contributed by atoms with E-state index in [1.807, 2.05) is 0 Å². The zero-order chi connectivity index (χ0) is 16.7. The zero-order valence-corrected chi connectivity index (χ0v) is 13.8. The maximum atomic E-state index is 12.3. The van der Waals surface area contributed by atoms with Crippen LogP contribution in [0.1, 0.15) is 34.6 Å². The van der Waals surface area contributed by atoms with Gasteiger partial charge in [0.05, 0.1) is 12.2 Å². The Morgan fingerprint density at radius 1 is 1.29 bits per heavy atom. The number of aryl methyl sites for hydroxylation is 3. The Morgan fingerprint density at radius 2 is 2.08 bits per heavy atom. The van der Waals surface area contributed by atoms with Crippen LogP contribution in [-0.4, -0.2) is 43.5 Å². The predicted molar refractivity (Wildman–Crippen MR) is 87.7 cm³/mol. The second-order valence-corrected chi connectivity index (χ2v) is 6.76. The summed E-state index contributed by atoms with van der Waals surface area (Å²) >= 11 is 0. The van der Waals surface area contributed by atoms with E-state index in [-0.39, 0.29) is 17.4 Å². The number of hydrogen-bond acceptors (Lipinski definition) is 4. The predicted octanol–water partition coefficient (Wildman–Crippen LogP) is 0.628. The first-order chi connectivity index (χ1) is 11.6. The molecule has 1 fully saturated rings. The van der Waals surface area contributed by atoms with E-state index in [0.29, 0.717) is 25.3 Å². The maximum Gasteiger partial charge on any atom is 0.272 e. The third-order valence-corrected chi connectivity index (χ3v) is 4.99. The standard InChI is InChI=1S/C17H21N5O2/c1-20-15(6-7-18-20)17(24)21-9-12(10-21)11-22-16(23)8-13-4-2-3-5-14(13)19-22/h6-8,12H,2-5,9-11H2,1H3. The minimum absolute atomic E-state index is 0.00278. The van der Waals surface area contributed by atoms with Crippen LogP contribution >= 0.6 is 0 Å². The summed E-state index contributed by atoms with van der Waals surface area (Å²) in [5, 5.41) is 8.59. The Labute approximate surface area is 139 Å². The van der Waals surface area contributed by atoms with Crippen molar-refractivity contribution in [2.75, 3.05) is 13.1 Å². The lowest BCUT2D eigenvalue weighted by atomic mass is 9.96. The van der Waals surface area contributed by atoms with Crippen molar-refractivity contribution < 1.29 is 4.79 Å². The number of carbonyl (C=O) groups excluding carboxylic acids is 1. The van der Waals surface area contributed by atoms with E-state index >= 15 is 0 Å². The summed E-state index contributed by atoms with van der Waals surface area (Å²) < 4.78 is 3.17. The third kappa shape index (κ3) is 2.64. The summed E-state index contributed by atoms with van der Waals surface area (Å²) in [4.78, 5) is 26.4. The number of carbonyl (C=O) groups is 1. The minimum atomic E-state index is -0.0212. The van der Waals surface area contributed by atoms with Gasteiger partial charge in [-0.2, -0.15) is 10.2 Å². The van der Waals surface area contributed by atoms with Crippen molar-refractivity contribution in [3.05, 3.63) is 45.6 Å². The van der Waals surface area contributed by atoms with Gasteiger partial charge in [-0.3, -0.25) is 14.3 Å². The van der Waals surface area contributed by atoms with Gasteiger partial charge >= 0.3 is 0 Å². The Kier molecular flexibility index (Phi) is 3.70. The molecule has 126 valence electrons. The highest BCUT2D eigenvalue weighted by Crippen LogP contribution is 2.21. The highest BCUT2D eigenvalue weighted by atomic mass is 16.2. The van der Waals surface area contributed by atoms with Crippen molar-refractivity contribution in [2.24, 2.45) is 13.0 Å². The summed E-state index contributed by atoms with van der Waals surface area (Å²) in [6.45, 7) is 1.91. The molecule has 0 spiro atoms. The van der Waals surface area contributed by atoms with Gasteiger partial charge < -0.3 is 4.90 Å². The van der Waals surface area contributed by atoms with Gasteiger partial charge in [0.15, 0.2) is 0 Å². The van der Waals surface area contributed by atoms with Crippen LogP contribution in [0.2, 0.25) is 0 Å². The van der Waals surface area contributed by atoms with Crippen LogP contribution in [0.15, 0.2) is 23.1 Å². The summed E-state index contributed by atoms with van der Waals surface area (Å²) in [5.41, 5.74) is 2.76. The summed E-state index contributed by atoms with van der Waals surface area (Å²) in [6, 6.07) is 3.48. The summed E-state index contributed by atoms with van der Waals surface area (Å²) in [6.07, 6.45) is 5.85. The van der Waals surface area contributed by atoms with Gasteiger partial charge in [0, 0.05) is 38.3 Å². The molecule has 0 aromatic carbocycles. The van der Waals surface area contributed by atoms with E-state index < -0.39 is 0 Å². The molecule has 4 rings (SSSR count). The second kappa shape index (κ2) is 5.89. The van der Waals surface area contributed by atoms with Crippen LogP contribution < -0.4 is 5.56 Å². The van der Waals surface area contributed by atoms with Crippen molar-refractivity contribution in [1.29, 1.82) is 0 Å². The molecule has 2 aromatic heterocycles. The average molecular weight is 327 g/mol. The van der Waals surface area contributed by atoms with Gasteiger partial charge in [0.25, 0.3) is 11.5 Å². The fourth-order valence-corrected chi connectivity index (χ4v) is 3.57. The fourth-order valence-electron chi connectivity index (χ4n) is 3.57. The Hall–Kier alpha value is -2.44. The molecule has 1 amide bonds. The van der Waals surface area contributed by atoms with Gasteiger partial charge in [-0.15, -0.1) is 0 Å². The van der Waals surface area contributed by atoms with Gasteiger partial charge in [0.2, 0.25) is 0 Å². The Balaban J connectivity index is 1.41. The highest BCUT2D eigenvalue weighted by Gasteiger charge is 2.33. The molecule has 1 saturated heterocycles. The first kappa shape index (κ1) is 15.1. The molecule has 1 aliphatic heterocycles. The molecule has 0 bridgehead atoms. The van der Waals surface area contributed by atoms with Gasteiger partial charge in [-0.25, -0.2) is 4.68 Å². The number of hydrogen-bond donors (Lipinski definition) is 0. The molecule has 7 nitrogen and oxygen atoms in total. The van der Waals surface area contributed by atoms with Crippen LogP contribution in [0.5, 0.6) is 0 Å². The molecule has 3 heterocycles. The minimum Gasteiger partial charge on any atom is -0.336 e. The lowest BCUT2D eigenvalue weighted by molar-refractivity contribution is 0.0447. The van der Waals surface area contributed by atoms with Gasteiger partial charge in [-0.05, 0) is 37.3 Å². The number of fused-ring (bicyclic) bond motifs is 1. The molecule has 0 saturated carbocycles. The largest absolute Gasteiger partial charge is 0.336 e. The number of likely N-dealkylation sites (tertiary alicyclic amines) is 1. The summed E-state index contributed by atoms with van der Waals surface area (Å²) in [7, 11) is 1.76. The average Bonchev–Trinajstić information content (AvgIpc) is 2.96. The molecule has 7 heteroatoms. The third-order valence-electron chi connectivity index (χ3n) is 4.99. The molecular weight excluding hydrogens is 306 g/mol. The molecule has 24 heavy (non-hydrogen) atoms. The number of amides is 1. The number of rotatable bonds is 3. The zero-order valence-electron chi connectivity index (χ0n) is 13.8. The lowest BCUT2D eigenvalue weighted by Crippen LogP contribution is -2.52. The highest BCUT2D eigenvalue weighted by molar-refractivity contribution is 5.93. The van der Waals surface area contributed by atoms with E-state index in [1.54, 1.807) is 39.6 Å². The first-order valence-corrected chi connectivity index (χ1v) is 8.49. The van der Waals surface area contributed by atoms with E-state index in [9.17, 15) is 9.59 Å². The molecule has 1 aliphatic carbocycles. The SMILES string of the molecule is Cn1nccc1C(=O)N1CC(Cn2nc3c(cc2=O)CCCC3)C1. The van der Waals surface area contributed by atoms with Crippen LogP contribution in [0.4, 0.5) is 0 Å². The number of nitrogens with zero attached hydrogens (tertiary/aromatic N) is 5. The molecule has 2 aromatic rings. The van der Waals surface area contributed by atoms with Crippen molar-refractivity contribution in [1.82, 2.24) is 24.5 Å². The Morgan fingerprint density at radius 3 is 2.83 bits per heavy atom. The quantitative estimate of drug-likeness (QED) is 0.829. The molecule has 0 unspecified atom stereocenters. The molecule has 0 radical (unpaired) electrons. The van der Waals surface area contributed by atoms with E-state index in [0.717, 1.165) is 36.9 Å². The van der Waals surface area contributed by atoms with Crippen LogP contribution in [0.25, 0.3) is 0 Å². The van der Waals surface area contributed by atoms with E-state index in [1.165, 1.54) is 0 Å². The first-order valence-electron chi connectivity index (χ1n) is 8.49. The molecule has 0 atom stereocenters. The van der Waals surface area contributed by atoms with E-state index in [4.69, 9.17) is 0 Å². The van der Waals surface area contributed by atoms with Crippen molar-refractivity contribution >= 4 is 5.91 Å².